The number of benzene rings is 7. The first kappa shape index (κ1) is 25.7. The molecule has 0 saturated heterocycles. The minimum Gasteiger partial charge on any atom is -0.455 e. The van der Waals surface area contributed by atoms with Crippen LogP contribution in [0.1, 0.15) is 5.56 Å². The molecule has 0 fully saturated rings. The van der Waals surface area contributed by atoms with E-state index in [2.05, 4.69) is 130 Å². The first-order valence-corrected chi connectivity index (χ1v) is 15.7. The number of aromatic nitrogens is 2. The topological polar surface area (TPSA) is 46.8 Å². The molecule has 0 radical (unpaired) electrons. The smallest absolute Gasteiger partial charge is 0.145 e. The fraction of sp³-hybridized carbons (Fsp3) is 0. The number of rotatable bonds is 3. The van der Waals surface area contributed by atoms with Crippen molar-refractivity contribution in [2.45, 2.75) is 0 Å². The maximum Gasteiger partial charge on any atom is 0.145 e. The van der Waals surface area contributed by atoms with Gasteiger partial charge in [-0.15, -0.1) is 0 Å². The van der Waals surface area contributed by atoms with Gasteiger partial charge in [-0.2, -0.15) is 5.26 Å². The van der Waals surface area contributed by atoms with E-state index >= 15 is 0 Å². The van der Waals surface area contributed by atoms with Crippen molar-refractivity contribution in [3.8, 4) is 28.6 Å². The highest BCUT2D eigenvalue weighted by molar-refractivity contribution is 6.24. The van der Waals surface area contributed by atoms with Crippen LogP contribution in [0.4, 0.5) is 0 Å². The van der Waals surface area contributed by atoms with Gasteiger partial charge in [0.15, 0.2) is 0 Å². The summed E-state index contributed by atoms with van der Waals surface area (Å²) >= 11 is 0. The SMILES string of the molecule is N#Cc1ccc(-c2cc(-n3c4ccccc4c4ccccc43)cc(-n3c4ccccc4c4c5oc6ccccc6c5ccc43)c2)cc1. The maximum atomic E-state index is 9.50. The van der Waals surface area contributed by atoms with E-state index in [0.29, 0.717) is 5.56 Å². The molecule has 10 rings (SSSR count). The molecular formula is C43H25N3O. The van der Waals surface area contributed by atoms with Crippen molar-refractivity contribution in [2.75, 3.05) is 0 Å². The first-order chi connectivity index (χ1) is 23.3. The van der Waals surface area contributed by atoms with Crippen LogP contribution in [0.25, 0.3) is 88.1 Å². The Morgan fingerprint density at radius 1 is 0.447 bits per heavy atom. The first-order valence-electron chi connectivity index (χ1n) is 15.7. The third kappa shape index (κ3) is 3.69. The van der Waals surface area contributed by atoms with Crippen molar-refractivity contribution in [3.05, 3.63) is 157 Å². The number of fused-ring (bicyclic) bond motifs is 10. The lowest BCUT2D eigenvalue weighted by molar-refractivity contribution is 0.673. The lowest BCUT2D eigenvalue weighted by Crippen LogP contribution is -2.00. The van der Waals surface area contributed by atoms with Gasteiger partial charge in [0, 0.05) is 38.3 Å². The van der Waals surface area contributed by atoms with Gasteiger partial charge in [0.1, 0.15) is 11.2 Å². The second-order valence-electron chi connectivity index (χ2n) is 12.1. The van der Waals surface area contributed by atoms with Crippen molar-refractivity contribution < 1.29 is 4.42 Å². The van der Waals surface area contributed by atoms with Crippen LogP contribution < -0.4 is 0 Å². The van der Waals surface area contributed by atoms with Crippen LogP contribution in [-0.4, -0.2) is 9.13 Å². The van der Waals surface area contributed by atoms with E-state index in [1.165, 1.54) is 10.8 Å². The number of hydrogen-bond acceptors (Lipinski definition) is 2. The fourth-order valence-electron chi connectivity index (χ4n) is 7.47. The second kappa shape index (κ2) is 9.71. The maximum absolute atomic E-state index is 9.50. The molecule has 3 aromatic heterocycles. The number of nitriles is 1. The third-order valence-corrected chi connectivity index (χ3v) is 9.53. The zero-order valence-electron chi connectivity index (χ0n) is 25.2. The Morgan fingerprint density at radius 2 is 1.00 bits per heavy atom. The second-order valence-corrected chi connectivity index (χ2v) is 12.1. The zero-order chi connectivity index (χ0) is 31.1. The highest BCUT2D eigenvalue weighted by Crippen LogP contribution is 2.42. The average molecular weight is 600 g/mol. The molecule has 0 spiro atoms. The highest BCUT2D eigenvalue weighted by Gasteiger charge is 2.20. The largest absolute Gasteiger partial charge is 0.455 e. The molecule has 4 heteroatoms. The summed E-state index contributed by atoms with van der Waals surface area (Å²) in [4.78, 5) is 0. The molecule has 0 amide bonds. The molecule has 4 nitrogen and oxygen atoms in total. The van der Waals surface area contributed by atoms with Gasteiger partial charge in [0.2, 0.25) is 0 Å². The minimum atomic E-state index is 0.643. The van der Waals surface area contributed by atoms with E-state index in [1.54, 1.807) is 0 Å². The van der Waals surface area contributed by atoms with Gasteiger partial charge < -0.3 is 13.6 Å². The number of para-hydroxylation sites is 4. The molecule has 0 saturated carbocycles. The molecule has 0 aliphatic rings. The molecule has 47 heavy (non-hydrogen) atoms. The number of nitrogens with zero attached hydrogens (tertiary/aromatic N) is 3. The normalized spacial score (nSPS) is 11.8. The lowest BCUT2D eigenvalue weighted by atomic mass is 10.0. The Bertz CT molecular complexity index is 2860. The van der Waals surface area contributed by atoms with E-state index in [1.807, 2.05) is 36.4 Å². The van der Waals surface area contributed by atoms with Gasteiger partial charge in [0.05, 0.1) is 39.1 Å². The molecule has 0 N–H and O–H groups in total. The lowest BCUT2D eigenvalue weighted by Gasteiger charge is -2.16. The quantitative estimate of drug-likeness (QED) is 0.203. The van der Waals surface area contributed by atoms with Crippen LogP contribution in [0.3, 0.4) is 0 Å². The average Bonchev–Trinajstić information content (AvgIpc) is 3.79. The van der Waals surface area contributed by atoms with Gasteiger partial charge >= 0.3 is 0 Å². The molecule has 218 valence electrons. The summed E-state index contributed by atoms with van der Waals surface area (Å²) in [6.45, 7) is 0. The third-order valence-electron chi connectivity index (χ3n) is 9.53. The molecule has 0 atom stereocenters. The van der Waals surface area contributed by atoms with Crippen LogP contribution >= 0.6 is 0 Å². The molecular weight excluding hydrogens is 574 g/mol. The van der Waals surface area contributed by atoms with Crippen LogP contribution in [0.15, 0.2) is 156 Å². The van der Waals surface area contributed by atoms with Crippen molar-refractivity contribution in [2.24, 2.45) is 0 Å². The Hall–Kier alpha value is -6.57. The number of hydrogen-bond donors (Lipinski definition) is 0. The Labute approximate surface area is 269 Å². The van der Waals surface area contributed by atoms with E-state index in [4.69, 9.17) is 4.42 Å². The predicted octanol–water partition coefficient (Wildman–Crippen LogP) is 11.3. The van der Waals surface area contributed by atoms with Gasteiger partial charge in [-0.1, -0.05) is 84.9 Å². The van der Waals surface area contributed by atoms with Gasteiger partial charge in [-0.25, -0.2) is 0 Å². The summed E-state index contributed by atoms with van der Waals surface area (Å²) in [5.74, 6) is 0. The van der Waals surface area contributed by atoms with E-state index < -0.39 is 0 Å². The Kier molecular flexibility index (Phi) is 5.32. The van der Waals surface area contributed by atoms with Gasteiger partial charge in [-0.3, -0.25) is 0 Å². The van der Waals surface area contributed by atoms with E-state index in [9.17, 15) is 5.26 Å². The van der Waals surface area contributed by atoms with Crippen molar-refractivity contribution in [1.82, 2.24) is 9.13 Å². The summed E-state index contributed by atoms with van der Waals surface area (Å²) in [5.41, 5.74) is 11.2. The summed E-state index contributed by atoms with van der Waals surface area (Å²) in [6, 6.07) is 55.4. The van der Waals surface area contributed by atoms with Crippen LogP contribution in [0.2, 0.25) is 0 Å². The van der Waals surface area contributed by atoms with Gasteiger partial charge in [-0.05, 0) is 77.9 Å². The van der Waals surface area contributed by atoms with Crippen LogP contribution in [0, 0.1) is 11.3 Å². The molecule has 0 bridgehead atoms. The minimum absolute atomic E-state index is 0.643. The Balaban J connectivity index is 1.33. The van der Waals surface area contributed by atoms with E-state index in [0.717, 1.165) is 77.3 Å². The van der Waals surface area contributed by atoms with Crippen LogP contribution in [0.5, 0.6) is 0 Å². The zero-order valence-corrected chi connectivity index (χ0v) is 25.2. The van der Waals surface area contributed by atoms with Crippen LogP contribution in [-0.2, 0) is 0 Å². The Morgan fingerprint density at radius 3 is 1.66 bits per heavy atom. The fourth-order valence-corrected chi connectivity index (χ4v) is 7.47. The summed E-state index contributed by atoms with van der Waals surface area (Å²) in [5, 5.41) is 16.4. The van der Waals surface area contributed by atoms with Crippen molar-refractivity contribution in [1.29, 1.82) is 5.26 Å². The molecule has 0 unspecified atom stereocenters. The molecule has 3 heterocycles. The molecule has 0 aliphatic carbocycles. The molecule has 10 aromatic rings. The molecule has 7 aromatic carbocycles. The van der Waals surface area contributed by atoms with Crippen molar-refractivity contribution >= 4 is 65.6 Å². The predicted molar refractivity (Wildman–Crippen MR) is 193 cm³/mol. The number of furan rings is 1. The van der Waals surface area contributed by atoms with E-state index in [-0.39, 0.29) is 0 Å². The summed E-state index contributed by atoms with van der Waals surface area (Å²) in [7, 11) is 0. The highest BCUT2D eigenvalue weighted by atomic mass is 16.3. The van der Waals surface area contributed by atoms with Gasteiger partial charge in [0.25, 0.3) is 0 Å². The monoisotopic (exact) mass is 599 g/mol. The molecule has 0 aliphatic heterocycles. The van der Waals surface area contributed by atoms with Crippen molar-refractivity contribution in [3.63, 3.8) is 0 Å². The standard InChI is InChI=1S/C43H25N3O/c44-26-27-17-19-28(20-18-27)29-23-30(45-37-13-5-1-9-32(37)33-10-2-6-14-38(33)45)25-31(24-29)46-39-15-7-3-12-36(39)42-40(46)22-21-35-34-11-4-8-16-41(34)47-43(35)42/h1-25H. The summed E-state index contributed by atoms with van der Waals surface area (Å²) in [6.07, 6.45) is 0. The summed E-state index contributed by atoms with van der Waals surface area (Å²) < 4.78 is 11.3.